The van der Waals surface area contributed by atoms with Crippen LogP contribution in [-0.2, 0) is 14.3 Å². The largest absolute Gasteiger partial charge is 0.452 e. The van der Waals surface area contributed by atoms with Gasteiger partial charge in [-0.25, -0.2) is 8.78 Å². The molecule has 0 bridgehead atoms. The molecule has 1 atom stereocenters. The number of nitrogens with zero attached hydrogens (tertiary/aromatic N) is 1. The zero-order valence-electron chi connectivity index (χ0n) is 16.4. The van der Waals surface area contributed by atoms with Gasteiger partial charge < -0.3 is 15.0 Å². The fraction of sp³-hybridized carbons (Fsp3) is 0.318. The number of ether oxygens (including phenoxy) is 1. The standard InChI is InChI=1S/C22H22F2N2O4/c1-14(20(27)25-19-8-6-18(24)7-9-19)30-22(29)16-10-12-26(13-11-16)21(28)15-2-4-17(23)5-3-15/h2-9,14,16H,10-13H2,1H3,(H,25,27)/t14-/m1/s1. The molecule has 6 nitrogen and oxygen atoms in total. The van der Waals surface area contributed by atoms with Crippen molar-refractivity contribution in [2.75, 3.05) is 18.4 Å². The summed E-state index contributed by atoms with van der Waals surface area (Å²) in [5.41, 5.74) is 0.792. The Balaban J connectivity index is 1.47. The third-order valence-electron chi connectivity index (χ3n) is 4.98. The second-order valence-corrected chi connectivity index (χ2v) is 7.15. The molecule has 2 aromatic rings. The number of rotatable bonds is 5. The molecule has 0 unspecified atom stereocenters. The molecule has 0 radical (unpaired) electrons. The first-order valence-corrected chi connectivity index (χ1v) is 9.65. The number of likely N-dealkylation sites (tertiary alicyclic amines) is 1. The predicted octanol–water partition coefficient (Wildman–Crippen LogP) is 3.39. The number of carbonyl (C=O) groups is 3. The normalized spacial score (nSPS) is 15.4. The lowest BCUT2D eigenvalue weighted by atomic mass is 9.96. The van der Waals surface area contributed by atoms with Gasteiger partial charge in [0.05, 0.1) is 5.92 Å². The number of hydrogen-bond acceptors (Lipinski definition) is 4. The maximum absolute atomic E-state index is 13.0. The summed E-state index contributed by atoms with van der Waals surface area (Å²) in [5.74, 6) is -2.47. The Labute approximate surface area is 172 Å². The fourth-order valence-electron chi connectivity index (χ4n) is 3.19. The van der Waals surface area contributed by atoms with Crippen LogP contribution in [0.1, 0.15) is 30.1 Å². The summed E-state index contributed by atoms with van der Waals surface area (Å²) in [7, 11) is 0. The third-order valence-corrected chi connectivity index (χ3v) is 4.98. The molecule has 8 heteroatoms. The molecule has 0 saturated carbocycles. The Hall–Kier alpha value is -3.29. The minimum absolute atomic E-state index is 0.214. The highest BCUT2D eigenvalue weighted by Gasteiger charge is 2.30. The van der Waals surface area contributed by atoms with E-state index in [1.807, 2.05) is 0 Å². The zero-order valence-corrected chi connectivity index (χ0v) is 16.4. The first kappa shape index (κ1) is 21.4. The SMILES string of the molecule is C[C@@H](OC(=O)C1CCN(C(=O)c2ccc(F)cc2)CC1)C(=O)Nc1ccc(F)cc1. The van der Waals surface area contributed by atoms with Crippen molar-refractivity contribution in [2.45, 2.75) is 25.9 Å². The van der Waals surface area contributed by atoms with Crippen LogP contribution in [0.5, 0.6) is 0 Å². The van der Waals surface area contributed by atoms with Crippen LogP contribution in [0.25, 0.3) is 0 Å². The van der Waals surface area contributed by atoms with Crippen molar-refractivity contribution in [1.29, 1.82) is 0 Å². The van der Waals surface area contributed by atoms with E-state index >= 15 is 0 Å². The second kappa shape index (κ2) is 9.47. The van der Waals surface area contributed by atoms with Gasteiger partial charge in [-0.15, -0.1) is 0 Å². The summed E-state index contributed by atoms with van der Waals surface area (Å²) < 4.78 is 31.2. The molecule has 1 aliphatic rings. The van der Waals surface area contributed by atoms with Crippen LogP contribution in [0.3, 0.4) is 0 Å². The van der Waals surface area contributed by atoms with Crippen molar-refractivity contribution in [3.05, 3.63) is 65.7 Å². The number of esters is 1. The van der Waals surface area contributed by atoms with Gasteiger partial charge in [0, 0.05) is 24.3 Å². The van der Waals surface area contributed by atoms with Crippen LogP contribution in [0.4, 0.5) is 14.5 Å². The van der Waals surface area contributed by atoms with Crippen LogP contribution in [0, 0.1) is 17.6 Å². The van der Waals surface area contributed by atoms with E-state index in [0.29, 0.717) is 37.2 Å². The summed E-state index contributed by atoms with van der Waals surface area (Å²) >= 11 is 0. The van der Waals surface area contributed by atoms with Gasteiger partial charge in [-0.05, 0) is 68.3 Å². The summed E-state index contributed by atoms with van der Waals surface area (Å²) in [4.78, 5) is 38.6. The average Bonchev–Trinajstić information content (AvgIpc) is 2.75. The Kier molecular flexibility index (Phi) is 6.76. The number of nitrogens with one attached hydrogen (secondary N) is 1. The van der Waals surface area contributed by atoms with Gasteiger partial charge in [0.2, 0.25) is 0 Å². The van der Waals surface area contributed by atoms with E-state index in [-0.39, 0.29) is 5.91 Å². The number of amides is 2. The number of benzene rings is 2. The predicted molar refractivity (Wildman–Crippen MR) is 106 cm³/mol. The smallest absolute Gasteiger partial charge is 0.309 e. The Morgan fingerprint density at radius 3 is 2.07 bits per heavy atom. The number of piperidine rings is 1. The minimum atomic E-state index is -1.01. The van der Waals surface area contributed by atoms with E-state index in [4.69, 9.17) is 4.74 Å². The molecule has 1 heterocycles. The third kappa shape index (κ3) is 5.40. The van der Waals surface area contributed by atoms with Gasteiger partial charge in [-0.1, -0.05) is 0 Å². The van der Waals surface area contributed by atoms with E-state index in [0.717, 1.165) is 0 Å². The van der Waals surface area contributed by atoms with Crippen LogP contribution in [-0.4, -0.2) is 41.9 Å². The highest BCUT2D eigenvalue weighted by Crippen LogP contribution is 2.21. The summed E-state index contributed by atoms with van der Waals surface area (Å²) in [5, 5.41) is 2.56. The first-order chi connectivity index (χ1) is 14.3. The molecule has 0 aromatic heterocycles. The molecule has 0 spiro atoms. The summed E-state index contributed by atoms with van der Waals surface area (Å²) in [6.07, 6.45) is -0.183. The van der Waals surface area contributed by atoms with Crippen LogP contribution < -0.4 is 5.32 Å². The van der Waals surface area contributed by atoms with Gasteiger partial charge in [0.1, 0.15) is 11.6 Å². The maximum atomic E-state index is 13.0. The Morgan fingerprint density at radius 2 is 1.50 bits per heavy atom. The topological polar surface area (TPSA) is 75.7 Å². The number of carbonyl (C=O) groups excluding carboxylic acids is 3. The fourth-order valence-corrected chi connectivity index (χ4v) is 3.19. The summed E-state index contributed by atoms with van der Waals surface area (Å²) in [6, 6.07) is 10.6. The lowest BCUT2D eigenvalue weighted by Crippen LogP contribution is -2.41. The molecule has 2 amide bonds. The molecule has 2 aromatic carbocycles. The van der Waals surface area contributed by atoms with Gasteiger partial charge >= 0.3 is 5.97 Å². The van der Waals surface area contributed by atoms with E-state index in [9.17, 15) is 23.2 Å². The minimum Gasteiger partial charge on any atom is -0.452 e. The number of anilines is 1. The van der Waals surface area contributed by atoms with E-state index in [1.54, 1.807) is 4.90 Å². The van der Waals surface area contributed by atoms with Crippen LogP contribution >= 0.6 is 0 Å². The van der Waals surface area contributed by atoms with E-state index < -0.39 is 35.5 Å². The van der Waals surface area contributed by atoms with Crippen molar-refractivity contribution in [1.82, 2.24) is 4.90 Å². The van der Waals surface area contributed by atoms with Gasteiger partial charge in [-0.2, -0.15) is 0 Å². The van der Waals surface area contributed by atoms with E-state index in [1.165, 1.54) is 55.5 Å². The number of hydrogen-bond donors (Lipinski definition) is 1. The van der Waals surface area contributed by atoms with Gasteiger partial charge in [0.15, 0.2) is 6.10 Å². The highest BCUT2D eigenvalue weighted by atomic mass is 19.1. The maximum Gasteiger partial charge on any atom is 0.309 e. The van der Waals surface area contributed by atoms with Gasteiger partial charge in [0.25, 0.3) is 11.8 Å². The van der Waals surface area contributed by atoms with Crippen LogP contribution in [0.2, 0.25) is 0 Å². The molecule has 1 fully saturated rings. The monoisotopic (exact) mass is 416 g/mol. The highest BCUT2D eigenvalue weighted by molar-refractivity contribution is 5.95. The lowest BCUT2D eigenvalue weighted by Gasteiger charge is -2.31. The number of halogens is 2. The average molecular weight is 416 g/mol. The molecule has 1 aliphatic heterocycles. The first-order valence-electron chi connectivity index (χ1n) is 9.65. The zero-order chi connectivity index (χ0) is 21.7. The molecule has 1 saturated heterocycles. The molecule has 0 aliphatic carbocycles. The molecule has 1 N–H and O–H groups in total. The van der Waals surface area contributed by atoms with Crippen molar-refractivity contribution >= 4 is 23.5 Å². The molecule has 30 heavy (non-hydrogen) atoms. The lowest BCUT2D eigenvalue weighted by molar-refractivity contribution is -0.158. The van der Waals surface area contributed by atoms with Crippen molar-refractivity contribution in [2.24, 2.45) is 5.92 Å². The molecule has 3 rings (SSSR count). The van der Waals surface area contributed by atoms with Crippen molar-refractivity contribution in [3.8, 4) is 0 Å². The molecular weight excluding hydrogens is 394 g/mol. The van der Waals surface area contributed by atoms with Crippen molar-refractivity contribution in [3.63, 3.8) is 0 Å². The van der Waals surface area contributed by atoms with E-state index in [2.05, 4.69) is 5.32 Å². The quantitative estimate of drug-likeness (QED) is 0.759. The molecule has 158 valence electrons. The summed E-state index contributed by atoms with van der Waals surface area (Å²) in [6.45, 7) is 2.20. The molecular formula is C22H22F2N2O4. The van der Waals surface area contributed by atoms with Gasteiger partial charge in [-0.3, -0.25) is 14.4 Å². The second-order valence-electron chi connectivity index (χ2n) is 7.15. The Bertz CT molecular complexity index is 908. The Morgan fingerprint density at radius 1 is 0.967 bits per heavy atom. The van der Waals surface area contributed by atoms with Crippen molar-refractivity contribution < 1.29 is 27.9 Å². The van der Waals surface area contributed by atoms with Crippen LogP contribution in [0.15, 0.2) is 48.5 Å².